The van der Waals surface area contributed by atoms with Crippen LogP contribution in [0.1, 0.15) is 12.5 Å². The van der Waals surface area contributed by atoms with E-state index in [9.17, 15) is 14.4 Å². The lowest BCUT2D eigenvalue weighted by molar-refractivity contribution is -0.165. The van der Waals surface area contributed by atoms with E-state index < -0.39 is 24.5 Å². The fourth-order valence-electron chi connectivity index (χ4n) is 1.35. The van der Waals surface area contributed by atoms with Crippen molar-refractivity contribution in [2.75, 3.05) is 13.7 Å². The van der Waals surface area contributed by atoms with Gasteiger partial charge in [-0.05, 0) is 24.6 Å². The zero-order chi connectivity index (χ0) is 15.8. The molecule has 0 unspecified atom stereocenters. The Hall–Kier alpha value is -2.63. The van der Waals surface area contributed by atoms with E-state index in [1.54, 1.807) is 24.3 Å². The van der Waals surface area contributed by atoms with E-state index in [0.29, 0.717) is 11.3 Å². The van der Waals surface area contributed by atoms with Gasteiger partial charge in [-0.3, -0.25) is 4.79 Å². The SMILES string of the molecule is C=C(C)C(=O)OCC(=O)OC(=O)Cc1ccc(OC)cc1. The fraction of sp³-hybridized carbons (Fsp3) is 0.267. The highest BCUT2D eigenvalue weighted by Crippen LogP contribution is 2.12. The Morgan fingerprint density at radius 3 is 2.24 bits per heavy atom. The second-order valence-electron chi connectivity index (χ2n) is 4.23. The summed E-state index contributed by atoms with van der Waals surface area (Å²) in [5, 5.41) is 0. The van der Waals surface area contributed by atoms with E-state index in [4.69, 9.17) is 4.74 Å². The lowest BCUT2D eigenvalue weighted by Gasteiger charge is -2.05. The van der Waals surface area contributed by atoms with Crippen LogP contribution in [0.4, 0.5) is 0 Å². The molecule has 0 amide bonds. The minimum Gasteiger partial charge on any atom is -0.497 e. The van der Waals surface area contributed by atoms with Crippen LogP contribution in [-0.4, -0.2) is 31.6 Å². The minimum atomic E-state index is -0.928. The van der Waals surface area contributed by atoms with E-state index in [1.807, 2.05) is 0 Å². The highest BCUT2D eigenvalue weighted by Gasteiger charge is 2.14. The van der Waals surface area contributed by atoms with Crippen LogP contribution in [0.3, 0.4) is 0 Å². The quantitative estimate of drug-likeness (QED) is 0.448. The third kappa shape index (κ3) is 5.90. The molecular weight excluding hydrogens is 276 g/mol. The Morgan fingerprint density at radius 1 is 1.10 bits per heavy atom. The van der Waals surface area contributed by atoms with Crippen molar-refractivity contribution < 1.29 is 28.6 Å². The van der Waals surface area contributed by atoms with Gasteiger partial charge < -0.3 is 14.2 Å². The highest BCUT2D eigenvalue weighted by atomic mass is 16.6. The molecule has 0 aliphatic rings. The van der Waals surface area contributed by atoms with Gasteiger partial charge in [0.25, 0.3) is 0 Å². The van der Waals surface area contributed by atoms with Crippen molar-refractivity contribution >= 4 is 17.9 Å². The summed E-state index contributed by atoms with van der Waals surface area (Å²) in [5.41, 5.74) is 0.833. The minimum absolute atomic E-state index is 0.0653. The summed E-state index contributed by atoms with van der Waals surface area (Å²) in [6.07, 6.45) is -0.0653. The maximum atomic E-state index is 11.5. The predicted molar refractivity (Wildman–Crippen MR) is 73.6 cm³/mol. The number of esters is 3. The van der Waals surface area contributed by atoms with E-state index in [-0.39, 0.29) is 12.0 Å². The van der Waals surface area contributed by atoms with Gasteiger partial charge in [-0.1, -0.05) is 18.7 Å². The largest absolute Gasteiger partial charge is 0.497 e. The first-order valence-corrected chi connectivity index (χ1v) is 6.11. The van der Waals surface area contributed by atoms with Crippen LogP contribution in [0, 0.1) is 0 Å². The summed E-state index contributed by atoms with van der Waals surface area (Å²) in [7, 11) is 1.54. The molecule has 6 nitrogen and oxygen atoms in total. The van der Waals surface area contributed by atoms with Crippen LogP contribution in [0.5, 0.6) is 5.75 Å². The van der Waals surface area contributed by atoms with Crippen LogP contribution >= 0.6 is 0 Å². The molecule has 0 aliphatic carbocycles. The van der Waals surface area contributed by atoms with Crippen molar-refractivity contribution in [3.8, 4) is 5.75 Å². The second kappa shape index (κ2) is 7.84. The Labute approximate surface area is 122 Å². The number of rotatable bonds is 6. The molecule has 0 N–H and O–H groups in total. The monoisotopic (exact) mass is 292 g/mol. The average Bonchev–Trinajstić information content (AvgIpc) is 2.45. The van der Waals surface area contributed by atoms with Crippen LogP contribution < -0.4 is 4.74 Å². The first-order valence-electron chi connectivity index (χ1n) is 6.11. The Morgan fingerprint density at radius 2 is 1.71 bits per heavy atom. The maximum Gasteiger partial charge on any atom is 0.351 e. The summed E-state index contributed by atoms with van der Waals surface area (Å²) in [6, 6.07) is 6.76. The molecule has 1 rings (SSSR count). The van der Waals surface area contributed by atoms with Crippen molar-refractivity contribution in [2.45, 2.75) is 13.3 Å². The fourth-order valence-corrected chi connectivity index (χ4v) is 1.35. The number of methoxy groups -OCH3 is 1. The van der Waals surface area contributed by atoms with Crippen LogP contribution in [0.25, 0.3) is 0 Å². The van der Waals surface area contributed by atoms with Gasteiger partial charge in [0.05, 0.1) is 13.5 Å². The number of hydrogen-bond donors (Lipinski definition) is 0. The van der Waals surface area contributed by atoms with Crippen LogP contribution in [-0.2, 0) is 30.3 Å². The van der Waals surface area contributed by atoms with Gasteiger partial charge in [-0.25, -0.2) is 9.59 Å². The third-order valence-electron chi connectivity index (χ3n) is 2.40. The number of hydrogen-bond acceptors (Lipinski definition) is 6. The zero-order valence-electron chi connectivity index (χ0n) is 11.9. The molecule has 1 aromatic carbocycles. The molecule has 0 radical (unpaired) electrons. The molecule has 0 heterocycles. The third-order valence-corrected chi connectivity index (χ3v) is 2.40. The van der Waals surface area contributed by atoms with Gasteiger partial charge >= 0.3 is 17.9 Å². The molecule has 0 aromatic heterocycles. The molecule has 0 aliphatic heterocycles. The standard InChI is InChI=1S/C15H16O6/c1-10(2)15(18)20-9-14(17)21-13(16)8-11-4-6-12(19-3)7-5-11/h4-7H,1,8-9H2,2-3H3. The van der Waals surface area contributed by atoms with Gasteiger partial charge in [0.2, 0.25) is 0 Å². The number of carbonyl (C=O) groups excluding carboxylic acids is 3. The molecule has 0 saturated heterocycles. The topological polar surface area (TPSA) is 78.9 Å². The number of benzene rings is 1. The molecular formula is C15H16O6. The lowest BCUT2D eigenvalue weighted by atomic mass is 10.1. The van der Waals surface area contributed by atoms with Crippen LogP contribution in [0.15, 0.2) is 36.4 Å². The van der Waals surface area contributed by atoms with Gasteiger partial charge in [-0.15, -0.1) is 0 Å². The van der Waals surface area contributed by atoms with Crippen molar-refractivity contribution in [2.24, 2.45) is 0 Å². The average molecular weight is 292 g/mol. The summed E-state index contributed by atoms with van der Waals surface area (Å²) in [5.74, 6) is -1.70. The zero-order valence-corrected chi connectivity index (χ0v) is 11.9. The second-order valence-corrected chi connectivity index (χ2v) is 4.23. The van der Waals surface area contributed by atoms with Gasteiger partial charge in [0.15, 0.2) is 6.61 Å². The Balaban J connectivity index is 2.40. The molecule has 6 heteroatoms. The number of carbonyl (C=O) groups is 3. The summed E-state index contributed by atoms with van der Waals surface area (Å²) >= 11 is 0. The van der Waals surface area contributed by atoms with Gasteiger partial charge in [0, 0.05) is 5.57 Å². The van der Waals surface area contributed by atoms with Crippen molar-refractivity contribution in [3.63, 3.8) is 0 Å². The van der Waals surface area contributed by atoms with Gasteiger partial charge in [-0.2, -0.15) is 0 Å². The Bertz CT molecular complexity index is 544. The molecule has 0 atom stereocenters. The molecule has 0 saturated carbocycles. The van der Waals surface area contributed by atoms with E-state index in [1.165, 1.54) is 14.0 Å². The summed E-state index contributed by atoms with van der Waals surface area (Å²) < 4.78 is 14.1. The smallest absolute Gasteiger partial charge is 0.351 e. The molecule has 0 fully saturated rings. The molecule has 0 spiro atoms. The Kier molecular flexibility index (Phi) is 6.13. The van der Waals surface area contributed by atoms with E-state index >= 15 is 0 Å². The van der Waals surface area contributed by atoms with Crippen molar-refractivity contribution in [1.29, 1.82) is 0 Å². The number of ether oxygens (including phenoxy) is 3. The molecule has 0 bridgehead atoms. The predicted octanol–water partition coefficient (Wildman–Crippen LogP) is 1.43. The normalized spacial score (nSPS) is 9.62. The molecule has 112 valence electrons. The lowest BCUT2D eigenvalue weighted by Crippen LogP contribution is -2.21. The van der Waals surface area contributed by atoms with Crippen molar-refractivity contribution in [1.82, 2.24) is 0 Å². The van der Waals surface area contributed by atoms with Crippen molar-refractivity contribution in [3.05, 3.63) is 42.0 Å². The first-order chi connectivity index (χ1) is 9.92. The van der Waals surface area contributed by atoms with Crippen LogP contribution in [0.2, 0.25) is 0 Å². The molecule has 21 heavy (non-hydrogen) atoms. The summed E-state index contributed by atoms with van der Waals surface area (Å²) in [4.78, 5) is 33.9. The maximum absolute atomic E-state index is 11.5. The first kappa shape index (κ1) is 16.4. The van der Waals surface area contributed by atoms with E-state index in [2.05, 4.69) is 16.1 Å². The highest BCUT2D eigenvalue weighted by molar-refractivity contribution is 5.91. The summed E-state index contributed by atoms with van der Waals surface area (Å²) in [6.45, 7) is 4.18. The van der Waals surface area contributed by atoms with E-state index in [0.717, 1.165) is 0 Å². The molecule has 1 aromatic rings. The van der Waals surface area contributed by atoms with Gasteiger partial charge in [0.1, 0.15) is 5.75 Å².